The molecule has 0 saturated carbocycles. The third-order valence-corrected chi connectivity index (χ3v) is 5.03. The largest absolute Gasteiger partial charge is 0.349 e. The first-order valence-corrected chi connectivity index (χ1v) is 7.80. The smallest absolute Gasteiger partial charge is 0.224 e. The summed E-state index contributed by atoms with van der Waals surface area (Å²) in [4.78, 5) is 13.7. The van der Waals surface area contributed by atoms with E-state index >= 15 is 0 Å². The molecule has 2 heterocycles. The van der Waals surface area contributed by atoms with Gasteiger partial charge in [-0.05, 0) is 55.7 Å². The summed E-state index contributed by atoms with van der Waals surface area (Å²) >= 11 is 1.83. The summed E-state index contributed by atoms with van der Waals surface area (Å²) in [6.45, 7) is 1.90. The Morgan fingerprint density at radius 2 is 2.33 bits per heavy atom. The van der Waals surface area contributed by atoms with E-state index in [2.05, 4.69) is 22.1 Å². The number of piperidine rings is 1. The van der Waals surface area contributed by atoms with E-state index in [9.17, 15) is 4.79 Å². The van der Waals surface area contributed by atoms with Gasteiger partial charge in [-0.25, -0.2) is 0 Å². The fourth-order valence-electron chi connectivity index (χ4n) is 3.00. The summed E-state index contributed by atoms with van der Waals surface area (Å²) in [6, 6.07) is 2.44. The fraction of sp³-hybridized carbons (Fsp3) is 0.643. The molecule has 0 aromatic carbocycles. The summed E-state index contributed by atoms with van der Waals surface area (Å²) in [5, 5.41) is 8.72. The summed E-state index contributed by atoms with van der Waals surface area (Å²) in [6.07, 6.45) is 5.62. The van der Waals surface area contributed by atoms with Gasteiger partial charge in [0.05, 0.1) is 12.0 Å². The number of aryl methyl sites for hydroxylation is 1. The Morgan fingerprint density at radius 3 is 3.17 bits per heavy atom. The van der Waals surface area contributed by atoms with Crippen molar-refractivity contribution < 1.29 is 4.79 Å². The number of carbonyl (C=O) groups excluding carboxylic acids is 1. The first-order chi connectivity index (χ1) is 8.84. The maximum Gasteiger partial charge on any atom is 0.224 e. The summed E-state index contributed by atoms with van der Waals surface area (Å²) in [5.41, 5.74) is 1.36. The Hall–Kier alpha value is -0.870. The minimum absolute atomic E-state index is 0.169. The number of rotatable bonds is 2. The van der Waals surface area contributed by atoms with E-state index in [1.54, 1.807) is 0 Å². The van der Waals surface area contributed by atoms with Crippen LogP contribution in [0.2, 0.25) is 0 Å². The minimum Gasteiger partial charge on any atom is -0.349 e. The van der Waals surface area contributed by atoms with Crippen LogP contribution in [0.25, 0.3) is 0 Å². The summed E-state index contributed by atoms with van der Waals surface area (Å²) < 4.78 is 0. The van der Waals surface area contributed by atoms with Crippen molar-refractivity contribution in [2.75, 3.05) is 13.1 Å². The molecule has 1 aliphatic carbocycles. The number of thiophene rings is 1. The van der Waals surface area contributed by atoms with Gasteiger partial charge in [0.2, 0.25) is 5.91 Å². The number of nitrogens with one attached hydrogen (secondary N) is 2. The number of carbonyl (C=O) groups is 1. The normalized spacial score (nSPS) is 27.6. The van der Waals surface area contributed by atoms with Crippen LogP contribution < -0.4 is 10.6 Å². The molecule has 2 aliphatic rings. The predicted octanol–water partition coefficient (Wildman–Crippen LogP) is 2.24. The first kappa shape index (κ1) is 12.2. The molecule has 1 saturated heterocycles. The van der Waals surface area contributed by atoms with Gasteiger partial charge in [-0.2, -0.15) is 0 Å². The minimum atomic E-state index is 0.169. The summed E-state index contributed by atoms with van der Waals surface area (Å²) in [5.74, 6) is 0.411. The highest BCUT2D eigenvalue weighted by atomic mass is 32.1. The van der Waals surface area contributed by atoms with E-state index in [1.165, 1.54) is 23.3 Å². The zero-order valence-electron chi connectivity index (χ0n) is 10.6. The van der Waals surface area contributed by atoms with E-state index in [4.69, 9.17) is 0 Å². The molecular weight excluding hydrogens is 244 g/mol. The average molecular weight is 264 g/mol. The number of hydrogen-bond donors (Lipinski definition) is 2. The SMILES string of the molecule is O=C(NC1CCCc2sccc21)[C@H]1CCCNC1. The predicted molar refractivity (Wildman–Crippen MR) is 73.7 cm³/mol. The maximum atomic E-state index is 12.3. The highest BCUT2D eigenvalue weighted by molar-refractivity contribution is 7.10. The Bertz CT molecular complexity index is 423. The molecule has 1 aromatic heterocycles. The van der Waals surface area contributed by atoms with Crippen molar-refractivity contribution in [1.82, 2.24) is 10.6 Å². The molecule has 1 aliphatic heterocycles. The summed E-state index contributed by atoms with van der Waals surface area (Å²) in [7, 11) is 0. The third kappa shape index (κ3) is 2.45. The quantitative estimate of drug-likeness (QED) is 0.860. The molecule has 1 unspecified atom stereocenters. The molecular formula is C14H20N2OS. The zero-order valence-corrected chi connectivity index (χ0v) is 11.4. The zero-order chi connectivity index (χ0) is 12.4. The first-order valence-electron chi connectivity index (χ1n) is 6.92. The van der Waals surface area contributed by atoms with Crippen molar-refractivity contribution in [3.63, 3.8) is 0 Å². The van der Waals surface area contributed by atoms with Gasteiger partial charge < -0.3 is 10.6 Å². The molecule has 0 radical (unpaired) electrons. The van der Waals surface area contributed by atoms with Crippen LogP contribution >= 0.6 is 11.3 Å². The van der Waals surface area contributed by atoms with Gasteiger partial charge in [0.15, 0.2) is 0 Å². The maximum absolute atomic E-state index is 12.3. The van der Waals surface area contributed by atoms with Crippen molar-refractivity contribution in [3.05, 3.63) is 21.9 Å². The van der Waals surface area contributed by atoms with Crippen LogP contribution in [0.3, 0.4) is 0 Å². The standard InChI is InChI=1S/C14H20N2OS/c17-14(10-3-2-7-15-9-10)16-12-4-1-5-13-11(12)6-8-18-13/h6,8,10,12,15H,1-5,7,9H2,(H,16,17)/t10-,12?/m0/s1. The molecule has 3 rings (SSSR count). The van der Waals surface area contributed by atoms with Crippen molar-refractivity contribution >= 4 is 17.2 Å². The fourth-order valence-corrected chi connectivity index (χ4v) is 3.99. The van der Waals surface area contributed by atoms with E-state index in [0.29, 0.717) is 0 Å². The molecule has 0 bridgehead atoms. The molecule has 2 N–H and O–H groups in total. The lowest BCUT2D eigenvalue weighted by Crippen LogP contribution is -2.42. The molecule has 0 spiro atoms. The van der Waals surface area contributed by atoms with Gasteiger partial charge in [0.25, 0.3) is 0 Å². The van der Waals surface area contributed by atoms with Crippen LogP contribution in [0, 0.1) is 5.92 Å². The Morgan fingerprint density at radius 1 is 1.39 bits per heavy atom. The van der Waals surface area contributed by atoms with Gasteiger partial charge in [-0.15, -0.1) is 11.3 Å². The van der Waals surface area contributed by atoms with Gasteiger partial charge in [-0.3, -0.25) is 4.79 Å². The van der Waals surface area contributed by atoms with Gasteiger partial charge in [-0.1, -0.05) is 0 Å². The second-order valence-corrected chi connectivity index (χ2v) is 6.30. The molecule has 1 amide bonds. The number of hydrogen-bond acceptors (Lipinski definition) is 3. The van der Waals surface area contributed by atoms with Crippen LogP contribution in [0.4, 0.5) is 0 Å². The van der Waals surface area contributed by atoms with Crippen molar-refractivity contribution in [2.24, 2.45) is 5.92 Å². The number of fused-ring (bicyclic) bond motifs is 1. The van der Waals surface area contributed by atoms with E-state index in [-0.39, 0.29) is 17.9 Å². The van der Waals surface area contributed by atoms with Crippen LogP contribution in [-0.4, -0.2) is 19.0 Å². The second kappa shape index (κ2) is 5.41. The lowest BCUT2D eigenvalue weighted by atomic mass is 9.92. The van der Waals surface area contributed by atoms with E-state index < -0.39 is 0 Å². The highest BCUT2D eigenvalue weighted by Gasteiger charge is 2.26. The molecule has 4 heteroatoms. The van der Waals surface area contributed by atoms with Gasteiger partial charge >= 0.3 is 0 Å². The van der Waals surface area contributed by atoms with Crippen molar-refractivity contribution in [3.8, 4) is 0 Å². The van der Waals surface area contributed by atoms with Crippen molar-refractivity contribution in [2.45, 2.75) is 38.1 Å². The molecule has 1 fully saturated rings. The molecule has 1 aromatic rings. The molecule has 3 nitrogen and oxygen atoms in total. The van der Waals surface area contributed by atoms with E-state index in [1.807, 2.05) is 11.3 Å². The third-order valence-electron chi connectivity index (χ3n) is 4.04. The Balaban J connectivity index is 1.65. The molecule has 2 atom stereocenters. The second-order valence-electron chi connectivity index (χ2n) is 5.30. The Labute approximate surface area is 112 Å². The van der Waals surface area contributed by atoms with E-state index in [0.717, 1.165) is 32.4 Å². The monoisotopic (exact) mass is 264 g/mol. The number of amides is 1. The van der Waals surface area contributed by atoms with Crippen LogP contribution in [-0.2, 0) is 11.2 Å². The average Bonchev–Trinajstić information content (AvgIpc) is 2.89. The van der Waals surface area contributed by atoms with Crippen LogP contribution in [0.1, 0.15) is 42.2 Å². The highest BCUT2D eigenvalue weighted by Crippen LogP contribution is 2.33. The Kier molecular flexibility index (Phi) is 3.66. The van der Waals surface area contributed by atoms with Crippen LogP contribution in [0.5, 0.6) is 0 Å². The van der Waals surface area contributed by atoms with Gasteiger partial charge in [0.1, 0.15) is 0 Å². The van der Waals surface area contributed by atoms with Crippen LogP contribution in [0.15, 0.2) is 11.4 Å². The molecule has 18 heavy (non-hydrogen) atoms. The lowest BCUT2D eigenvalue weighted by molar-refractivity contribution is -0.126. The van der Waals surface area contributed by atoms with Crippen molar-refractivity contribution in [1.29, 1.82) is 0 Å². The van der Waals surface area contributed by atoms with Gasteiger partial charge in [0, 0.05) is 11.4 Å². The lowest BCUT2D eigenvalue weighted by Gasteiger charge is -2.28. The topological polar surface area (TPSA) is 41.1 Å². The molecule has 98 valence electrons.